The molecule has 2 aromatic carbocycles. The summed E-state index contributed by atoms with van der Waals surface area (Å²) in [5.41, 5.74) is 4.81. The van der Waals surface area contributed by atoms with Crippen molar-refractivity contribution in [3.8, 4) is 11.1 Å². The molecule has 0 saturated heterocycles. The molecule has 1 aromatic heterocycles. The largest absolute Gasteiger partial charge is 0.383 e. The Bertz CT molecular complexity index is 823. The molecule has 3 aromatic rings. The van der Waals surface area contributed by atoms with Gasteiger partial charge in [0.25, 0.3) is 0 Å². The van der Waals surface area contributed by atoms with Crippen molar-refractivity contribution < 1.29 is 0 Å². The van der Waals surface area contributed by atoms with Crippen molar-refractivity contribution in [1.82, 2.24) is 14.8 Å². The summed E-state index contributed by atoms with van der Waals surface area (Å²) in [5, 5.41) is 11.5. The summed E-state index contributed by atoms with van der Waals surface area (Å²) in [5.74, 6) is 0. The summed E-state index contributed by atoms with van der Waals surface area (Å²) in [7, 11) is 0. The third-order valence-corrected chi connectivity index (χ3v) is 5.20. The second-order valence-electron chi connectivity index (χ2n) is 7.19. The molecule has 0 unspecified atom stereocenters. The summed E-state index contributed by atoms with van der Waals surface area (Å²) in [4.78, 5) is 4.01. The Hall–Kier alpha value is -2.82. The molecule has 0 atom stereocenters. The van der Waals surface area contributed by atoms with Crippen molar-refractivity contribution >= 4 is 11.4 Å². The van der Waals surface area contributed by atoms with Crippen LogP contribution in [0.25, 0.3) is 11.1 Å². The van der Waals surface area contributed by atoms with Gasteiger partial charge in [-0.15, -0.1) is 0 Å². The predicted molar refractivity (Wildman–Crippen MR) is 111 cm³/mol. The molecule has 0 aliphatic heterocycles. The number of rotatable bonds is 7. The monoisotopic (exact) mass is 361 g/mol. The SMILES string of the molecule is c1ccc(-c2ccc(NC3CCCCC3)cc2NCCn2cncn2)cc1. The van der Waals surface area contributed by atoms with E-state index in [1.165, 1.54) is 48.9 Å². The van der Waals surface area contributed by atoms with Crippen LogP contribution in [0.2, 0.25) is 0 Å². The lowest BCUT2D eigenvalue weighted by molar-refractivity contribution is 0.463. The highest BCUT2D eigenvalue weighted by Crippen LogP contribution is 2.32. The predicted octanol–water partition coefficient (Wildman–Crippen LogP) is 4.80. The lowest BCUT2D eigenvalue weighted by atomic mass is 9.95. The highest BCUT2D eigenvalue weighted by Gasteiger charge is 2.14. The number of aromatic nitrogens is 3. The molecule has 140 valence electrons. The van der Waals surface area contributed by atoms with Crippen molar-refractivity contribution in [1.29, 1.82) is 0 Å². The van der Waals surface area contributed by atoms with Crippen LogP contribution in [0.4, 0.5) is 11.4 Å². The first-order valence-corrected chi connectivity index (χ1v) is 9.91. The molecule has 0 amide bonds. The molecule has 0 radical (unpaired) electrons. The topological polar surface area (TPSA) is 54.8 Å². The van der Waals surface area contributed by atoms with Gasteiger partial charge in [0, 0.05) is 29.5 Å². The fourth-order valence-corrected chi connectivity index (χ4v) is 3.79. The van der Waals surface area contributed by atoms with Crippen molar-refractivity contribution in [3.63, 3.8) is 0 Å². The van der Waals surface area contributed by atoms with Crippen LogP contribution in [0.3, 0.4) is 0 Å². The highest BCUT2D eigenvalue weighted by molar-refractivity contribution is 5.80. The lowest BCUT2D eigenvalue weighted by Crippen LogP contribution is -2.22. The maximum absolute atomic E-state index is 4.18. The molecule has 2 N–H and O–H groups in total. The molecule has 27 heavy (non-hydrogen) atoms. The van der Waals surface area contributed by atoms with Crippen LogP contribution in [0.15, 0.2) is 61.2 Å². The van der Waals surface area contributed by atoms with Crippen LogP contribution >= 0.6 is 0 Å². The minimum atomic E-state index is 0.601. The first-order chi connectivity index (χ1) is 13.4. The molecule has 0 bridgehead atoms. The van der Waals surface area contributed by atoms with Gasteiger partial charge >= 0.3 is 0 Å². The molecular weight excluding hydrogens is 334 g/mol. The molecule has 1 aliphatic rings. The van der Waals surface area contributed by atoms with E-state index in [9.17, 15) is 0 Å². The second kappa shape index (κ2) is 8.71. The van der Waals surface area contributed by atoms with Gasteiger partial charge in [-0.3, -0.25) is 4.68 Å². The molecule has 5 heteroatoms. The zero-order valence-electron chi connectivity index (χ0n) is 15.6. The van der Waals surface area contributed by atoms with Crippen molar-refractivity contribution in [2.24, 2.45) is 0 Å². The van der Waals surface area contributed by atoms with Crippen molar-refractivity contribution in [3.05, 3.63) is 61.2 Å². The fraction of sp³-hybridized carbons (Fsp3) is 0.364. The van der Waals surface area contributed by atoms with Crippen LogP contribution in [0.5, 0.6) is 0 Å². The highest BCUT2D eigenvalue weighted by atomic mass is 15.3. The van der Waals surface area contributed by atoms with Crippen LogP contribution in [0.1, 0.15) is 32.1 Å². The zero-order valence-corrected chi connectivity index (χ0v) is 15.6. The zero-order chi connectivity index (χ0) is 18.3. The standard InChI is InChI=1S/C22H27N5/c1-3-7-18(8-4-1)21-12-11-20(26-19-9-5-2-6-10-19)15-22(21)24-13-14-27-17-23-16-25-27/h1,3-4,7-8,11-12,15-17,19,24,26H,2,5-6,9-10,13-14H2. The lowest BCUT2D eigenvalue weighted by Gasteiger charge is -2.24. The van der Waals surface area contributed by atoms with Gasteiger partial charge in [0.2, 0.25) is 0 Å². The summed E-state index contributed by atoms with van der Waals surface area (Å²) < 4.78 is 1.85. The summed E-state index contributed by atoms with van der Waals surface area (Å²) >= 11 is 0. The Kier molecular flexibility index (Phi) is 5.67. The number of benzene rings is 2. The second-order valence-corrected chi connectivity index (χ2v) is 7.19. The number of hydrogen-bond acceptors (Lipinski definition) is 4. The summed E-state index contributed by atoms with van der Waals surface area (Å²) in [6, 6.07) is 17.8. The number of anilines is 2. The van der Waals surface area contributed by atoms with E-state index in [4.69, 9.17) is 0 Å². The molecule has 1 fully saturated rings. The molecule has 1 heterocycles. The van der Waals surface area contributed by atoms with E-state index in [-0.39, 0.29) is 0 Å². The molecule has 4 rings (SSSR count). The average Bonchev–Trinajstić information content (AvgIpc) is 3.23. The van der Waals surface area contributed by atoms with E-state index in [1.54, 1.807) is 12.7 Å². The first kappa shape index (κ1) is 17.6. The fourth-order valence-electron chi connectivity index (χ4n) is 3.79. The van der Waals surface area contributed by atoms with Crippen LogP contribution in [-0.2, 0) is 6.54 Å². The van der Waals surface area contributed by atoms with Crippen molar-refractivity contribution in [2.45, 2.75) is 44.7 Å². The molecular formula is C22H27N5. The summed E-state index contributed by atoms with van der Waals surface area (Å²) in [6.45, 7) is 1.59. The van der Waals surface area contributed by atoms with E-state index in [2.05, 4.69) is 69.2 Å². The van der Waals surface area contributed by atoms with Gasteiger partial charge in [-0.2, -0.15) is 5.10 Å². The summed E-state index contributed by atoms with van der Waals surface area (Å²) in [6.07, 6.45) is 9.92. The van der Waals surface area contributed by atoms with E-state index in [0.717, 1.165) is 18.8 Å². The molecule has 5 nitrogen and oxygen atoms in total. The van der Waals surface area contributed by atoms with E-state index in [1.807, 2.05) is 4.68 Å². The Labute approximate surface area is 160 Å². The smallest absolute Gasteiger partial charge is 0.137 e. The first-order valence-electron chi connectivity index (χ1n) is 9.91. The average molecular weight is 361 g/mol. The van der Waals surface area contributed by atoms with Crippen LogP contribution in [-0.4, -0.2) is 27.4 Å². The number of hydrogen-bond donors (Lipinski definition) is 2. The Morgan fingerprint density at radius 2 is 1.85 bits per heavy atom. The van der Waals surface area contributed by atoms with E-state index >= 15 is 0 Å². The Morgan fingerprint density at radius 3 is 2.63 bits per heavy atom. The normalized spacial score (nSPS) is 14.8. The third-order valence-electron chi connectivity index (χ3n) is 5.20. The van der Waals surface area contributed by atoms with Gasteiger partial charge in [0.05, 0.1) is 6.54 Å². The van der Waals surface area contributed by atoms with E-state index in [0.29, 0.717) is 6.04 Å². The third kappa shape index (κ3) is 4.67. The van der Waals surface area contributed by atoms with Gasteiger partial charge in [0.15, 0.2) is 0 Å². The van der Waals surface area contributed by atoms with Gasteiger partial charge < -0.3 is 10.6 Å². The van der Waals surface area contributed by atoms with Gasteiger partial charge in [-0.1, -0.05) is 55.7 Å². The molecule has 0 spiro atoms. The molecule has 1 saturated carbocycles. The van der Waals surface area contributed by atoms with Crippen LogP contribution < -0.4 is 10.6 Å². The number of nitrogens with zero attached hydrogens (tertiary/aromatic N) is 3. The number of nitrogens with one attached hydrogen (secondary N) is 2. The Balaban J connectivity index is 1.52. The minimum absolute atomic E-state index is 0.601. The molecule has 1 aliphatic carbocycles. The maximum Gasteiger partial charge on any atom is 0.137 e. The minimum Gasteiger partial charge on any atom is -0.383 e. The Morgan fingerprint density at radius 1 is 1.00 bits per heavy atom. The van der Waals surface area contributed by atoms with E-state index < -0.39 is 0 Å². The maximum atomic E-state index is 4.18. The van der Waals surface area contributed by atoms with Crippen molar-refractivity contribution in [2.75, 3.05) is 17.2 Å². The van der Waals surface area contributed by atoms with Gasteiger partial charge in [-0.25, -0.2) is 4.98 Å². The van der Waals surface area contributed by atoms with Crippen LogP contribution in [0, 0.1) is 0 Å². The van der Waals surface area contributed by atoms with Gasteiger partial charge in [0.1, 0.15) is 12.7 Å². The quantitative estimate of drug-likeness (QED) is 0.634. The van der Waals surface area contributed by atoms with Gasteiger partial charge in [-0.05, 0) is 30.5 Å².